The van der Waals surface area contributed by atoms with Gasteiger partial charge in [0.15, 0.2) is 0 Å². The average Bonchev–Trinajstić information content (AvgIpc) is 3.16. The zero-order valence-electron chi connectivity index (χ0n) is 13.8. The molecule has 130 valence electrons. The molecular weight excluding hydrogens is 332 g/mol. The van der Waals surface area contributed by atoms with Crippen molar-refractivity contribution in [2.24, 2.45) is 0 Å². The highest BCUT2D eigenvalue weighted by Crippen LogP contribution is 2.04. The number of nitrogens with one attached hydrogen (secondary N) is 2. The van der Waals surface area contributed by atoms with Gasteiger partial charge in [-0.05, 0) is 24.3 Å². The van der Waals surface area contributed by atoms with Gasteiger partial charge in [-0.1, -0.05) is 36.4 Å². The van der Waals surface area contributed by atoms with E-state index in [9.17, 15) is 14.4 Å². The van der Waals surface area contributed by atoms with Crippen LogP contribution >= 0.6 is 0 Å². The molecule has 2 aromatic carbocycles. The number of imide groups is 1. The Hall–Kier alpha value is -3.74. The van der Waals surface area contributed by atoms with Crippen LogP contribution in [0.25, 0.3) is 0 Å². The van der Waals surface area contributed by atoms with Crippen molar-refractivity contribution in [1.82, 2.24) is 20.2 Å². The van der Waals surface area contributed by atoms with Gasteiger partial charge in [0, 0.05) is 17.3 Å². The van der Waals surface area contributed by atoms with E-state index in [4.69, 9.17) is 0 Å². The number of hydrogen-bond acceptors (Lipinski definition) is 4. The predicted octanol–water partition coefficient (Wildman–Crippen LogP) is 2.21. The number of hydrogen-bond donors (Lipinski definition) is 2. The van der Waals surface area contributed by atoms with Crippen LogP contribution in [0.5, 0.6) is 0 Å². The Labute approximate surface area is 149 Å². The van der Waals surface area contributed by atoms with E-state index < -0.39 is 11.9 Å². The number of nitrogens with zero attached hydrogens (tertiary/aromatic N) is 2. The SMILES string of the molecule is O=C(NCc1cn(C(=O)c2ccccc2)cn1)NC(=O)c1ccccc1. The summed E-state index contributed by atoms with van der Waals surface area (Å²) in [7, 11) is 0. The van der Waals surface area contributed by atoms with Gasteiger partial charge in [-0.25, -0.2) is 9.78 Å². The van der Waals surface area contributed by atoms with Crippen LogP contribution in [0.3, 0.4) is 0 Å². The maximum atomic E-state index is 12.3. The smallest absolute Gasteiger partial charge is 0.322 e. The van der Waals surface area contributed by atoms with E-state index in [0.717, 1.165) is 0 Å². The maximum Gasteiger partial charge on any atom is 0.322 e. The first kappa shape index (κ1) is 17.1. The van der Waals surface area contributed by atoms with Gasteiger partial charge in [0.25, 0.3) is 11.8 Å². The molecule has 3 rings (SSSR count). The van der Waals surface area contributed by atoms with Crippen molar-refractivity contribution in [2.45, 2.75) is 6.54 Å². The summed E-state index contributed by atoms with van der Waals surface area (Å²) in [5.74, 6) is -0.707. The maximum absolute atomic E-state index is 12.3. The Morgan fingerprint density at radius 3 is 2.15 bits per heavy atom. The van der Waals surface area contributed by atoms with Gasteiger partial charge in [-0.2, -0.15) is 0 Å². The van der Waals surface area contributed by atoms with Crippen molar-refractivity contribution in [3.63, 3.8) is 0 Å². The molecule has 1 heterocycles. The highest BCUT2D eigenvalue weighted by molar-refractivity contribution is 6.04. The molecule has 26 heavy (non-hydrogen) atoms. The molecule has 0 saturated heterocycles. The van der Waals surface area contributed by atoms with Gasteiger partial charge < -0.3 is 5.32 Å². The fourth-order valence-corrected chi connectivity index (χ4v) is 2.28. The molecule has 7 heteroatoms. The lowest BCUT2D eigenvalue weighted by Crippen LogP contribution is -2.39. The van der Waals surface area contributed by atoms with Crippen molar-refractivity contribution in [2.75, 3.05) is 0 Å². The van der Waals surface area contributed by atoms with Crippen molar-refractivity contribution < 1.29 is 14.4 Å². The second-order valence-corrected chi connectivity index (χ2v) is 5.45. The second kappa shape index (κ2) is 7.89. The van der Waals surface area contributed by atoms with Gasteiger partial charge >= 0.3 is 6.03 Å². The first-order valence-corrected chi connectivity index (χ1v) is 7.90. The zero-order valence-corrected chi connectivity index (χ0v) is 13.8. The lowest BCUT2D eigenvalue weighted by molar-refractivity contribution is 0.0953. The molecule has 7 nitrogen and oxygen atoms in total. The second-order valence-electron chi connectivity index (χ2n) is 5.45. The highest BCUT2D eigenvalue weighted by Gasteiger charge is 2.12. The molecular formula is C19H16N4O3. The summed E-state index contributed by atoms with van der Waals surface area (Å²) in [6.07, 6.45) is 2.92. The van der Waals surface area contributed by atoms with Gasteiger partial charge in [-0.3, -0.25) is 19.5 Å². The third kappa shape index (κ3) is 4.21. The lowest BCUT2D eigenvalue weighted by atomic mass is 10.2. The van der Waals surface area contributed by atoms with Crippen LogP contribution in [0.2, 0.25) is 0 Å². The number of aromatic nitrogens is 2. The van der Waals surface area contributed by atoms with E-state index in [2.05, 4.69) is 15.6 Å². The van der Waals surface area contributed by atoms with E-state index >= 15 is 0 Å². The van der Waals surface area contributed by atoms with Gasteiger partial charge in [-0.15, -0.1) is 0 Å². The third-order valence-electron chi connectivity index (χ3n) is 3.58. The molecule has 2 N–H and O–H groups in total. The quantitative estimate of drug-likeness (QED) is 0.756. The Kier molecular flexibility index (Phi) is 5.19. The Morgan fingerprint density at radius 2 is 1.50 bits per heavy atom. The summed E-state index contributed by atoms with van der Waals surface area (Å²) in [5.41, 5.74) is 1.42. The normalized spacial score (nSPS) is 10.2. The van der Waals surface area contributed by atoms with Gasteiger partial charge in [0.2, 0.25) is 0 Å². The van der Waals surface area contributed by atoms with E-state index in [1.54, 1.807) is 54.6 Å². The van der Waals surface area contributed by atoms with Crippen LogP contribution < -0.4 is 10.6 Å². The molecule has 0 saturated carbocycles. The molecule has 0 atom stereocenters. The molecule has 0 aliphatic carbocycles. The topological polar surface area (TPSA) is 93.1 Å². The minimum absolute atomic E-state index is 0.0863. The molecule has 0 radical (unpaired) electrons. The predicted molar refractivity (Wildman–Crippen MR) is 94.5 cm³/mol. The Morgan fingerprint density at radius 1 is 0.885 bits per heavy atom. The molecule has 0 fully saturated rings. The summed E-state index contributed by atoms with van der Waals surface area (Å²) in [5, 5.41) is 4.77. The number of urea groups is 1. The number of rotatable bonds is 4. The molecule has 3 amide bonds. The fraction of sp³-hybridized carbons (Fsp3) is 0.0526. The molecule has 3 aromatic rings. The summed E-state index contributed by atoms with van der Waals surface area (Å²) in [6.45, 7) is 0.0863. The van der Waals surface area contributed by atoms with E-state index in [0.29, 0.717) is 16.8 Å². The largest absolute Gasteiger partial charge is 0.332 e. The van der Waals surface area contributed by atoms with Crippen LogP contribution in [0.15, 0.2) is 73.2 Å². The van der Waals surface area contributed by atoms with E-state index in [1.807, 2.05) is 6.07 Å². The number of benzene rings is 2. The minimum Gasteiger partial charge on any atom is -0.332 e. The molecule has 0 unspecified atom stereocenters. The first-order chi connectivity index (χ1) is 12.6. The van der Waals surface area contributed by atoms with Crippen LogP contribution in [0.4, 0.5) is 4.79 Å². The lowest BCUT2D eigenvalue weighted by Gasteiger charge is -2.05. The minimum atomic E-state index is -0.636. The fourth-order valence-electron chi connectivity index (χ4n) is 2.28. The van der Waals surface area contributed by atoms with Crippen LogP contribution in [-0.4, -0.2) is 27.4 Å². The summed E-state index contributed by atoms with van der Waals surface area (Å²) in [4.78, 5) is 40.1. The third-order valence-corrected chi connectivity index (χ3v) is 3.58. The van der Waals surface area contributed by atoms with Crippen LogP contribution in [0, 0.1) is 0 Å². The van der Waals surface area contributed by atoms with Crippen LogP contribution in [0.1, 0.15) is 26.4 Å². The first-order valence-electron chi connectivity index (χ1n) is 7.90. The van der Waals surface area contributed by atoms with Gasteiger partial charge in [0.05, 0.1) is 12.2 Å². The molecule has 0 aliphatic heterocycles. The van der Waals surface area contributed by atoms with Crippen molar-refractivity contribution in [3.8, 4) is 0 Å². The van der Waals surface area contributed by atoms with Crippen molar-refractivity contribution in [3.05, 3.63) is 90.0 Å². The number of carbonyl (C=O) groups is 3. The molecule has 1 aromatic heterocycles. The van der Waals surface area contributed by atoms with Crippen LogP contribution in [-0.2, 0) is 6.54 Å². The van der Waals surface area contributed by atoms with E-state index in [1.165, 1.54) is 17.1 Å². The number of amides is 3. The Balaban J connectivity index is 1.54. The molecule has 0 bridgehead atoms. The number of carbonyl (C=O) groups excluding carboxylic acids is 3. The summed E-state index contributed by atoms with van der Waals surface area (Å²) in [6, 6.07) is 16.6. The summed E-state index contributed by atoms with van der Waals surface area (Å²) >= 11 is 0. The molecule has 0 aliphatic rings. The standard InChI is InChI=1S/C19H16N4O3/c24-17(14-7-3-1-4-8-14)22-19(26)20-11-16-12-23(13-21-16)18(25)15-9-5-2-6-10-15/h1-10,12-13H,11H2,(H2,20,22,24,26). The average molecular weight is 348 g/mol. The highest BCUT2D eigenvalue weighted by atomic mass is 16.2. The van der Waals surface area contributed by atoms with Crippen molar-refractivity contribution >= 4 is 17.8 Å². The molecule has 0 spiro atoms. The Bertz CT molecular complexity index is 920. The number of imidazole rings is 1. The van der Waals surface area contributed by atoms with E-state index in [-0.39, 0.29) is 12.5 Å². The monoisotopic (exact) mass is 348 g/mol. The van der Waals surface area contributed by atoms with Crippen molar-refractivity contribution in [1.29, 1.82) is 0 Å². The van der Waals surface area contributed by atoms with Gasteiger partial charge in [0.1, 0.15) is 6.33 Å². The zero-order chi connectivity index (χ0) is 18.4. The summed E-state index contributed by atoms with van der Waals surface area (Å²) < 4.78 is 1.35.